The number of carbonyl (C=O) groups excluding carboxylic acids is 1. The van der Waals surface area contributed by atoms with E-state index in [9.17, 15) is 9.90 Å². The van der Waals surface area contributed by atoms with Crippen molar-refractivity contribution in [2.24, 2.45) is 7.05 Å². The van der Waals surface area contributed by atoms with E-state index in [1.807, 2.05) is 0 Å². The molecule has 0 amide bonds. The molecule has 0 bridgehead atoms. The maximum absolute atomic E-state index is 11.9. The highest BCUT2D eigenvalue weighted by Crippen LogP contribution is 2.22. The highest BCUT2D eigenvalue weighted by atomic mass is 16.5. The van der Waals surface area contributed by atoms with Gasteiger partial charge < -0.3 is 9.84 Å². The van der Waals surface area contributed by atoms with E-state index in [0.717, 1.165) is 0 Å². The van der Waals surface area contributed by atoms with E-state index in [1.54, 1.807) is 38.0 Å². The Morgan fingerprint density at radius 2 is 2.30 bits per heavy atom. The molecule has 0 aromatic carbocycles. The third-order valence-electron chi connectivity index (χ3n) is 2.62. The average molecular weight is 279 g/mol. The number of carbonyl (C=O) groups is 1. The van der Waals surface area contributed by atoms with Crippen molar-refractivity contribution in [3.05, 3.63) is 18.1 Å². The van der Waals surface area contributed by atoms with Crippen LogP contribution in [0.5, 0.6) is 0 Å². The Balaban J connectivity index is 2.47. The van der Waals surface area contributed by atoms with Gasteiger partial charge in [0.05, 0.1) is 25.5 Å². The summed E-state index contributed by atoms with van der Waals surface area (Å²) in [5.41, 5.74) is 1.32. The second-order valence-corrected chi connectivity index (χ2v) is 4.44. The van der Waals surface area contributed by atoms with Crippen LogP contribution < -0.4 is 0 Å². The SMILES string of the molecule is CCOC(=O)c1nnn(CC(C)O)c1-c1cnn(C)c1. The number of aliphatic hydroxyl groups is 1. The van der Waals surface area contributed by atoms with Crippen LogP contribution in [0.2, 0.25) is 0 Å². The lowest BCUT2D eigenvalue weighted by atomic mass is 10.2. The summed E-state index contributed by atoms with van der Waals surface area (Å²) in [6.07, 6.45) is 2.75. The van der Waals surface area contributed by atoms with Gasteiger partial charge >= 0.3 is 5.97 Å². The van der Waals surface area contributed by atoms with E-state index in [0.29, 0.717) is 11.3 Å². The lowest BCUT2D eigenvalue weighted by Gasteiger charge is -2.07. The van der Waals surface area contributed by atoms with Gasteiger partial charge in [-0.2, -0.15) is 5.10 Å². The van der Waals surface area contributed by atoms with Gasteiger partial charge in [-0.05, 0) is 13.8 Å². The number of esters is 1. The van der Waals surface area contributed by atoms with Gasteiger partial charge in [0.25, 0.3) is 0 Å². The molecule has 1 atom stereocenters. The second-order valence-electron chi connectivity index (χ2n) is 4.44. The van der Waals surface area contributed by atoms with Crippen molar-refractivity contribution in [1.82, 2.24) is 24.8 Å². The van der Waals surface area contributed by atoms with Gasteiger partial charge in [0, 0.05) is 18.8 Å². The van der Waals surface area contributed by atoms with Gasteiger partial charge in [-0.1, -0.05) is 5.21 Å². The molecule has 0 saturated carbocycles. The Bertz CT molecular complexity index is 602. The standard InChI is InChI=1S/C12H17N5O3/c1-4-20-12(19)10-11(9-5-13-16(3)7-9)17(15-14-10)6-8(2)18/h5,7-8,18H,4,6H2,1-3H3. The van der Waals surface area contributed by atoms with Crippen molar-refractivity contribution in [3.63, 3.8) is 0 Å². The fraction of sp³-hybridized carbons (Fsp3) is 0.500. The quantitative estimate of drug-likeness (QED) is 0.788. The number of hydrogen-bond acceptors (Lipinski definition) is 6. The van der Waals surface area contributed by atoms with Gasteiger partial charge in [0.1, 0.15) is 5.69 Å². The summed E-state index contributed by atoms with van der Waals surface area (Å²) in [7, 11) is 1.77. The normalized spacial score (nSPS) is 12.4. The molecule has 108 valence electrons. The fourth-order valence-corrected chi connectivity index (χ4v) is 1.86. The zero-order valence-corrected chi connectivity index (χ0v) is 11.6. The minimum absolute atomic E-state index is 0.125. The number of aromatic nitrogens is 5. The van der Waals surface area contributed by atoms with Crippen molar-refractivity contribution >= 4 is 5.97 Å². The molecule has 2 aromatic heterocycles. The summed E-state index contributed by atoms with van der Waals surface area (Å²) in [6, 6.07) is 0. The largest absolute Gasteiger partial charge is 0.461 e. The van der Waals surface area contributed by atoms with Crippen molar-refractivity contribution in [3.8, 4) is 11.3 Å². The summed E-state index contributed by atoms with van der Waals surface area (Å²) >= 11 is 0. The van der Waals surface area contributed by atoms with Crippen molar-refractivity contribution in [1.29, 1.82) is 0 Å². The van der Waals surface area contributed by atoms with E-state index < -0.39 is 12.1 Å². The first-order valence-electron chi connectivity index (χ1n) is 6.30. The molecule has 0 aliphatic carbocycles. The summed E-state index contributed by atoms with van der Waals surface area (Å²) in [4.78, 5) is 11.9. The van der Waals surface area contributed by atoms with Crippen LogP contribution in [-0.4, -0.2) is 48.6 Å². The van der Waals surface area contributed by atoms with Gasteiger partial charge in [0.2, 0.25) is 0 Å². The maximum atomic E-state index is 11.9. The Hall–Kier alpha value is -2.22. The number of aliphatic hydroxyl groups excluding tert-OH is 1. The minimum atomic E-state index is -0.609. The van der Waals surface area contributed by atoms with Crippen LogP contribution in [-0.2, 0) is 18.3 Å². The van der Waals surface area contributed by atoms with E-state index in [2.05, 4.69) is 15.4 Å². The zero-order chi connectivity index (χ0) is 14.7. The summed E-state index contributed by atoms with van der Waals surface area (Å²) in [5.74, 6) is -0.539. The molecular formula is C12H17N5O3. The van der Waals surface area contributed by atoms with E-state index in [-0.39, 0.29) is 18.8 Å². The molecule has 20 heavy (non-hydrogen) atoms. The number of aryl methyl sites for hydroxylation is 1. The highest BCUT2D eigenvalue weighted by Gasteiger charge is 2.23. The summed E-state index contributed by atoms with van der Waals surface area (Å²) < 4.78 is 8.07. The van der Waals surface area contributed by atoms with Crippen LogP contribution in [0.15, 0.2) is 12.4 Å². The molecule has 0 aliphatic heterocycles. The Morgan fingerprint density at radius 1 is 1.55 bits per heavy atom. The number of hydrogen-bond donors (Lipinski definition) is 1. The predicted molar refractivity (Wildman–Crippen MR) is 69.9 cm³/mol. The van der Waals surface area contributed by atoms with Crippen LogP contribution in [0.4, 0.5) is 0 Å². The number of nitrogens with zero attached hydrogens (tertiary/aromatic N) is 5. The van der Waals surface area contributed by atoms with Crippen LogP contribution in [0.1, 0.15) is 24.3 Å². The second kappa shape index (κ2) is 5.83. The number of ether oxygens (including phenoxy) is 1. The molecule has 2 rings (SSSR count). The molecule has 1 unspecified atom stereocenters. The first-order valence-corrected chi connectivity index (χ1v) is 6.30. The van der Waals surface area contributed by atoms with Crippen molar-refractivity contribution in [2.45, 2.75) is 26.5 Å². The molecular weight excluding hydrogens is 262 g/mol. The predicted octanol–water partition coefficient (Wildman–Crippen LogP) is 0.236. The van der Waals surface area contributed by atoms with Gasteiger partial charge in [-0.15, -0.1) is 5.10 Å². The van der Waals surface area contributed by atoms with E-state index >= 15 is 0 Å². The Morgan fingerprint density at radius 3 is 2.85 bits per heavy atom. The topological polar surface area (TPSA) is 95.1 Å². The third kappa shape index (κ3) is 2.85. The molecule has 0 fully saturated rings. The summed E-state index contributed by atoms with van der Waals surface area (Å²) in [6.45, 7) is 3.85. The smallest absolute Gasteiger partial charge is 0.361 e. The molecule has 2 aromatic rings. The molecule has 0 radical (unpaired) electrons. The lowest BCUT2D eigenvalue weighted by Crippen LogP contribution is -2.15. The van der Waals surface area contributed by atoms with E-state index in [1.165, 1.54) is 4.68 Å². The van der Waals surface area contributed by atoms with Crippen LogP contribution in [0.25, 0.3) is 11.3 Å². The van der Waals surface area contributed by atoms with E-state index in [4.69, 9.17) is 4.74 Å². The fourth-order valence-electron chi connectivity index (χ4n) is 1.86. The minimum Gasteiger partial charge on any atom is -0.461 e. The molecule has 2 heterocycles. The average Bonchev–Trinajstić information content (AvgIpc) is 2.95. The third-order valence-corrected chi connectivity index (χ3v) is 2.62. The monoisotopic (exact) mass is 279 g/mol. The number of rotatable bonds is 5. The molecule has 8 nitrogen and oxygen atoms in total. The molecule has 0 spiro atoms. The highest BCUT2D eigenvalue weighted by molar-refractivity contribution is 5.93. The zero-order valence-electron chi connectivity index (χ0n) is 11.6. The maximum Gasteiger partial charge on any atom is 0.361 e. The Kier molecular flexibility index (Phi) is 4.14. The van der Waals surface area contributed by atoms with Gasteiger partial charge in [0.15, 0.2) is 5.69 Å². The lowest BCUT2D eigenvalue weighted by molar-refractivity contribution is 0.0520. The van der Waals surface area contributed by atoms with Gasteiger partial charge in [-0.3, -0.25) is 4.68 Å². The van der Waals surface area contributed by atoms with Crippen LogP contribution in [0.3, 0.4) is 0 Å². The molecule has 1 N–H and O–H groups in total. The molecule has 8 heteroatoms. The molecule has 0 saturated heterocycles. The van der Waals surface area contributed by atoms with Gasteiger partial charge in [-0.25, -0.2) is 9.48 Å². The first kappa shape index (κ1) is 14.2. The first-order chi connectivity index (χ1) is 9.52. The van der Waals surface area contributed by atoms with Crippen LogP contribution in [0, 0.1) is 0 Å². The van der Waals surface area contributed by atoms with Crippen LogP contribution >= 0.6 is 0 Å². The van der Waals surface area contributed by atoms with Crippen molar-refractivity contribution in [2.75, 3.05) is 6.61 Å². The molecule has 0 aliphatic rings. The Labute approximate surface area is 116 Å². The van der Waals surface area contributed by atoms with Crippen molar-refractivity contribution < 1.29 is 14.6 Å². The summed E-state index contributed by atoms with van der Waals surface area (Å²) in [5, 5.41) is 21.4.